The summed E-state index contributed by atoms with van der Waals surface area (Å²) in [6.07, 6.45) is 0. The summed E-state index contributed by atoms with van der Waals surface area (Å²) in [5.41, 5.74) is 2.95. The topological polar surface area (TPSA) is 75.6 Å². The summed E-state index contributed by atoms with van der Waals surface area (Å²) in [7, 11) is 0. The third-order valence-electron chi connectivity index (χ3n) is 4.40. The SMILES string of the molecule is C[C@@H](NC(=O)COC(=O)c1ccc(-c2ccc(O)cc2)cc1)c1ccccc1Cl. The number of rotatable bonds is 6. The number of halogens is 1. The highest BCUT2D eigenvalue weighted by molar-refractivity contribution is 6.31. The summed E-state index contributed by atoms with van der Waals surface area (Å²) in [6.45, 7) is 1.43. The number of phenolic OH excluding ortho intramolecular Hbond substituents is 1. The van der Waals surface area contributed by atoms with Crippen LogP contribution >= 0.6 is 11.6 Å². The van der Waals surface area contributed by atoms with Gasteiger partial charge < -0.3 is 15.2 Å². The zero-order valence-corrected chi connectivity index (χ0v) is 16.5. The van der Waals surface area contributed by atoms with Crippen molar-refractivity contribution < 1.29 is 19.4 Å². The molecule has 148 valence electrons. The molecule has 3 aromatic carbocycles. The average Bonchev–Trinajstić information content (AvgIpc) is 2.73. The molecule has 0 unspecified atom stereocenters. The Balaban J connectivity index is 1.54. The number of hydrogen-bond acceptors (Lipinski definition) is 4. The second kappa shape index (κ2) is 9.26. The van der Waals surface area contributed by atoms with Crippen LogP contribution in [0.4, 0.5) is 0 Å². The second-order valence-electron chi connectivity index (χ2n) is 6.51. The van der Waals surface area contributed by atoms with Crippen molar-refractivity contribution in [2.45, 2.75) is 13.0 Å². The molecule has 1 atom stereocenters. The van der Waals surface area contributed by atoms with Gasteiger partial charge in [0.15, 0.2) is 6.61 Å². The van der Waals surface area contributed by atoms with Gasteiger partial charge >= 0.3 is 5.97 Å². The maximum absolute atomic E-state index is 12.2. The standard InChI is InChI=1S/C23H20ClNO4/c1-15(20-4-2-3-5-21(20)24)25-22(27)14-29-23(28)18-8-6-16(7-9-18)17-10-12-19(26)13-11-17/h2-13,15,26H,14H2,1H3,(H,25,27)/t15-/m1/s1. The van der Waals surface area contributed by atoms with Gasteiger partial charge in [-0.15, -0.1) is 0 Å². The van der Waals surface area contributed by atoms with Gasteiger partial charge in [0.1, 0.15) is 5.75 Å². The lowest BCUT2D eigenvalue weighted by Gasteiger charge is -2.15. The molecule has 0 aliphatic rings. The van der Waals surface area contributed by atoms with Crippen LogP contribution in [0.25, 0.3) is 11.1 Å². The van der Waals surface area contributed by atoms with E-state index in [1.165, 1.54) is 0 Å². The van der Waals surface area contributed by atoms with Crippen molar-refractivity contribution in [3.8, 4) is 16.9 Å². The number of benzene rings is 3. The van der Waals surface area contributed by atoms with E-state index in [0.717, 1.165) is 16.7 Å². The molecule has 0 heterocycles. The Morgan fingerprint density at radius 3 is 2.17 bits per heavy atom. The lowest BCUT2D eigenvalue weighted by molar-refractivity contribution is -0.124. The molecule has 2 N–H and O–H groups in total. The molecular weight excluding hydrogens is 390 g/mol. The fourth-order valence-corrected chi connectivity index (χ4v) is 3.15. The van der Waals surface area contributed by atoms with E-state index in [0.29, 0.717) is 10.6 Å². The molecule has 29 heavy (non-hydrogen) atoms. The van der Waals surface area contributed by atoms with Crippen LogP contribution in [-0.4, -0.2) is 23.6 Å². The third kappa shape index (κ3) is 5.36. The summed E-state index contributed by atoms with van der Waals surface area (Å²) < 4.78 is 5.10. The van der Waals surface area contributed by atoms with Gasteiger partial charge in [0.25, 0.3) is 5.91 Å². The minimum absolute atomic E-state index is 0.191. The first kappa shape index (κ1) is 20.4. The normalized spacial score (nSPS) is 11.5. The number of esters is 1. The van der Waals surface area contributed by atoms with Crippen LogP contribution in [-0.2, 0) is 9.53 Å². The van der Waals surface area contributed by atoms with Gasteiger partial charge in [-0.25, -0.2) is 4.79 Å². The molecule has 0 saturated carbocycles. The van der Waals surface area contributed by atoms with Crippen molar-refractivity contribution in [3.63, 3.8) is 0 Å². The highest BCUT2D eigenvalue weighted by atomic mass is 35.5. The predicted octanol–water partition coefficient (Wildman–Crippen LogP) is 4.75. The molecule has 0 aliphatic heterocycles. The van der Waals surface area contributed by atoms with Crippen LogP contribution in [0.5, 0.6) is 5.75 Å². The lowest BCUT2D eigenvalue weighted by Crippen LogP contribution is -2.31. The molecular formula is C23H20ClNO4. The number of hydrogen-bond donors (Lipinski definition) is 2. The summed E-state index contributed by atoms with van der Waals surface area (Å²) in [5.74, 6) is -0.801. The van der Waals surface area contributed by atoms with E-state index in [2.05, 4.69) is 5.32 Å². The zero-order chi connectivity index (χ0) is 20.8. The van der Waals surface area contributed by atoms with E-state index >= 15 is 0 Å². The van der Waals surface area contributed by atoms with E-state index in [1.807, 2.05) is 25.1 Å². The molecule has 6 heteroatoms. The molecule has 0 aromatic heterocycles. The van der Waals surface area contributed by atoms with Gasteiger partial charge in [-0.1, -0.05) is 54.1 Å². The maximum atomic E-state index is 12.2. The average molecular weight is 410 g/mol. The number of carbonyl (C=O) groups is 2. The fraction of sp³-hybridized carbons (Fsp3) is 0.130. The first-order chi connectivity index (χ1) is 13.9. The van der Waals surface area contributed by atoms with Crippen LogP contribution < -0.4 is 5.32 Å². The number of carbonyl (C=O) groups excluding carboxylic acids is 2. The fourth-order valence-electron chi connectivity index (χ4n) is 2.85. The van der Waals surface area contributed by atoms with Crippen LogP contribution in [0.2, 0.25) is 5.02 Å². The van der Waals surface area contributed by atoms with E-state index in [-0.39, 0.29) is 18.4 Å². The van der Waals surface area contributed by atoms with Crippen molar-refractivity contribution in [2.24, 2.45) is 0 Å². The smallest absolute Gasteiger partial charge is 0.338 e. The number of nitrogens with one attached hydrogen (secondary N) is 1. The van der Waals surface area contributed by atoms with Crippen molar-refractivity contribution in [2.75, 3.05) is 6.61 Å². The predicted molar refractivity (Wildman–Crippen MR) is 112 cm³/mol. The summed E-state index contributed by atoms with van der Waals surface area (Å²) in [5, 5.41) is 12.7. The molecule has 3 aromatic rings. The highest BCUT2D eigenvalue weighted by Crippen LogP contribution is 2.23. The zero-order valence-electron chi connectivity index (χ0n) is 15.8. The number of ether oxygens (including phenoxy) is 1. The van der Waals surface area contributed by atoms with Gasteiger partial charge in [-0.05, 0) is 53.9 Å². The number of aromatic hydroxyl groups is 1. The lowest BCUT2D eigenvalue weighted by atomic mass is 10.0. The number of phenols is 1. The summed E-state index contributed by atoms with van der Waals surface area (Å²) in [4.78, 5) is 24.3. The monoisotopic (exact) mass is 409 g/mol. The van der Waals surface area contributed by atoms with Crippen LogP contribution in [0.3, 0.4) is 0 Å². The Hall–Kier alpha value is -3.31. The molecule has 0 saturated heterocycles. The van der Waals surface area contributed by atoms with Crippen molar-refractivity contribution in [1.29, 1.82) is 0 Å². The second-order valence-corrected chi connectivity index (χ2v) is 6.92. The quantitative estimate of drug-likeness (QED) is 0.576. The van der Waals surface area contributed by atoms with E-state index in [1.54, 1.807) is 54.6 Å². The van der Waals surface area contributed by atoms with Crippen LogP contribution in [0.1, 0.15) is 28.9 Å². The molecule has 1 amide bonds. The highest BCUT2D eigenvalue weighted by Gasteiger charge is 2.15. The Bertz CT molecular complexity index is 1000. The summed E-state index contributed by atoms with van der Waals surface area (Å²) >= 11 is 6.13. The van der Waals surface area contributed by atoms with E-state index in [9.17, 15) is 14.7 Å². The largest absolute Gasteiger partial charge is 0.508 e. The van der Waals surface area contributed by atoms with Crippen molar-refractivity contribution >= 4 is 23.5 Å². The van der Waals surface area contributed by atoms with Gasteiger partial charge in [0.2, 0.25) is 0 Å². The molecule has 0 fully saturated rings. The molecule has 5 nitrogen and oxygen atoms in total. The Labute approximate surface area is 173 Å². The van der Waals surface area contributed by atoms with Crippen LogP contribution in [0, 0.1) is 0 Å². The van der Waals surface area contributed by atoms with Crippen molar-refractivity contribution in [3.05, 3.63) is 88.9 Å². The molecule has 0 aliphatic carbocycles. The third-order valence-corrected chi connectivity index (χ3v) is 4.75. The minimum atomic E-state index is -0.581. The molecule has 0 radical (unpaired) electrons. The van der Waals surface area contributed by atoms with E-state index in [4.69, 9.17) is 16.3 Å². The van der Waals surface area contributed by atoms with Gasteiger partial charge in [0, 0.05) is 5.02 Å². The molecule has 0 spiro atoms. The van der Waals surface area contributed by atoms with Crippen LogP contribution in [0.15, 0.2) is 72.8 Å². The molecule has 0 bridgehead atoms. The Kier molecular flexibility index (Phi) is 6.52. The van der Waals surface area contributed by atoms with E-state index < -0.39 is 11.9 Å². The first-order valence-electron chi connectivity index (χ1n) is 9.04. The maximum Gasteiger partial charge on any atom is 0.338 e. The summed E-state index contributed by atoms with van der Waals surface area (Å²) in [6, 6.07) is 20.5. The Morgan fingerprint density at radius 1 is 0.966 bits per heavy atom. The van der Waals surface area contributed by atoms with Gasteiger partial charge in [-0.3, -0.25) is 4.79 Å². The minimum Gasteiger partial charge on any atom is -0.508 e. The Morgan fingerprint density at radius 2 is 1.55 bits per heavy atom. The first-order valence-corrected chi connectivity index (χ1v) is 9.42. The van der Waals surface area contributed by atoms with Gasteiger partial charge in [0.05, 0.1) is 11.6 Å². The van der Waals surface area contributed by atoms with Gasteiger partial charge in [-0.2, -0.15) is 0 Å². The number of amides is 1. The molecule has 3 rings (SSSR count). The van der Waals surface area contributed by atoms with Crippen molar-refractivity contribution in [1.82, 2.24) is 5.32 Å².